The highest BCUT2D eigenvalue weighted by Gasteiger charge is 1.73. The Hall–Kier alpha value is -1.78. The van der Waals surface area contributed by atoms with Gasteiger partial charge in [-0.25, -0.2) is 15.0 Å². The average Bonchev–Trinajstić information content (AvgIpc) is 2.62. The van der Waals surface area contributed by atoms with Crippen LogP contribution in [0, 0.1) is 5.41 Å². The predicted octanol–water partition coefficient (Wildman–Crippen LogP) is 1.30. The third-order valence-electron chi connectivity index (χ3n) is 0.522. The molecule has 1 aromatic heterocycles. The molecule has 0 aliphatic rings. The maximum absolute atomic E-state index is 9.25. The van der Waals surface area contributed by atoms with Gasteiger partial charge in [-0.1, -0.05) is 6.58 Å². The van der Waals surface area contributed by atoms with Gasteiger partial charge in [-0.15, -0.1) is 11.3 Å². The van der Waals surface area contributed by atoms with E-state index in [0.717, 1.165) is 12.2 Å². The van der Waals surface area contributed by atoms with Crippen LogP contribution in [0.5, 0.6) is 0 Å². The van der Waals surface area contributed by atoms with Gasteiger partial charge in [0.15, 0.2) is 0 Å². The Kier molecular flexibility index (Phi) is 13.6. The van der Waals surface area contributed by atoms with Crippen molar-refractivity contribution < 1.29 is 14.7 Å². The Morgan fingerprint density at radius 1 is 1.77 bits per heavy atom. The van der Waals surface area contributed by atoms with Crippen LogP contribution in [0.1, 0.15) is 0 Å². The molecule has 1 rings (SSSR count). The van der Waals surface area contributed by atoms with Crippen LogP contribution in [0.3, 0.4) is 0 Å². The zero-order valence-corrected chi connectivity index (χ0v) is 7.45. The van der Waals surface area contributed by atoms with Crippen LogP contribution in [0.2, 0.25) is 0 Å². The lowest BCUT2D eigenvalue weighted by molar-refractivity contribution is -0.131. The van der Waals surface area contributed by atoms with E-state index in [4.69, 9.17) is 15.3 Å². The summed E-state index contributed by atoms with van der Waals surface area (Å²) < 4.78 is 0. The van der Waals surface area contributed by atoms with Crippen molar-refractivity contribution in [2.75, 3.05) is 0 Å². The third-order valence-corrected chi connectivity index (χ3v) is 1.04. The summed E-state index contributed by atoms with van der Waals surface area (Å²) >= 11 is 1.60. The van der Waals surface area contributed by atoms with Gasteiger partial charge in [-0.3, -0.25) is 4.98 Å². The van der Waals surface area contributed by atoms with E-state index >= 15 is 0 Å². The summed E-state index contributed by atoms with van der Waals surface area (Å²) in [5.41, 5.74) is 1.79. The zero-order valence-electron chi connectivity index (χ0n) is 6.64. The lowest BCUT2D eigenvalue weighted by Gasteiger charge is -1.64. The smallest absolute Gasteiger partial charge is 0.327 e. The second kappa shape index (κ2) is 12.9. The molecule has 70 valence electrons. The number of rotatable bonds is 1. The Balaban J connectivity index is 0. The van der Waals surface area contributed by atoms with Gasteiger partial charge in [0.05, 0.1) is 5.51 Å². The minimum absolute atomic E-state index is 0.750. The highest BCUT2D eigenvalue weighted by molar-refractivity contribution is 7.07. The number of isocyanates is 1. The van der Waals surface area contributed by atoms with Gasteiger partial charge in [0.1, 0.15) is 0 Å². The third kappa shape index (κ3) is 25.3. The normalized spacial score (nSPS) is 6.15. The van der Waals surface area contributed by atoms with Crippen LogP contribution in [0.4, 0.5) is 0 Å². The maximum atomic E-state index is 9.25. The summed E-state index contributed by atoms with van der Waals surface area (Å²) in [6.45, 7) is 2.96. The minimum Gasteiger partial charge on any atom is -0.478 e. The second-order valence-electron chi connectivity index (χ2n) is 1.32. The molecule has 1 heterocycles. The van der Waals surface area contributed by atoms with Crippen molar-refractivity contribution in [3.63, 3.8) is 0 Å². The van der Waals surface area contributed by atoms with Gasteiger partial charge in [0, 0.05) is 17.7 Å². The number of carbonyl (C=O) groups excluding carboxylic acids is 1. The number of nitrogens with zero attached hydrogens (tertiary/aromatic N) is 1. The molecule has 13 heavy (non-hydrogen) atoms. The highest BCUT2D eigenvalue weighted by atomic mass is 32.1. The lowest BCUT2D eigenvalue weighted by atomic mass is 10.7. The van der Waals surface area contributed by atoms with Crippen LogP contribution >= 0.6 is 11.3 Å². The number of nitrogens with one attached hydrogen (secondary N) is 1. The number of carboxylic acids is 1. The van der Waals surface area contributed by atoms with E-state index in [-0.39, 0.29) is 0 Å². The maximum Gasteiger partial charge on any atom is 0.327 e. The second-order valence-corrected chi connectivity index (χ2v) is 2.08. The molecular weight excluding hydrogens is 192 g/mol. The fourth-order valence-electron chi connectivity index (χ4n) is 0.176. The van der Waals surface area contributed by atoms with Crippen molar-refractivity contribution in [3.05, 3.63) is 29.7 Å². The van der Waals surface area contributed by atoms with Crippen LogP contribution in [-0.4, -0.2) is 22.1 Å². The van der Waals surface area contributed by atoms with Gasteiger partial charge in [0.25, 0.3) is 0 Å². The fourth-order valence-corrected chi connectivity index (χ4v) is 0.527. The number of carbonyl (C=O) groups is 1. The van der Waals surface area contributed by atoms with Gasteiger partial charge in [0.2, 0.25) is 6.08 Å². The van der Waals surface area contributed by atoms with Crippen molar-refractivity contribution in [2.24, 2.45) is 0 Å². The van der Waals surface area contributed by atoms with Crippen molar-refractivity contribution in [2.45, 2.75) is 0 Å². The van der Waals surface area contributed by atoms with Crippen molar-refractivity contribution >= 4 is 23.4 Å². The number of hydrogen-bond donors (Lipinski definition) is 2. The molecule has 0 fully saturated rings. The predicted molar refractivity (Wildman–Crippen MR) is 48.4 cm³/mol. The van der Waals surface area contributed by atoms with Crippen LogP contribution < -0.4 is 0 Å². The molecule has 0 saturated carbocycles. The molecule has 0 amide bonds. The van der Waals surface area contributed by atoms with Gasteiger partial charge in [-0.2, -0.15) is 0 Å². The lowest BCUT2D eigenvalue weighted by Crippen LogP contribution is -1.82. The first kappa shape index (κ1) is 13.8. The summed E-state index contributed by atoms with van der Waals surface area (Å²) in [5, 5.41) is 14.9. The number of carboxylic acid groups (broad SMARTS) is 1. The fraction of sp³-hybridized carbons (Fsp3) is 0. The summed E-state index contributed by atoms with van der Waals surface area (Å²) in [6, 6.07) is 0. The molecule has 0 aliphatic heterocycles. The number of hydrogen-bond acceptors (Lipinski definition) is 5. The first-order valence-electron chi connectivity index (χ1n) is 2.90. The Morgan fingerprint density at radius 3 is 2.31 bits per heavy atom. The standard InChI is InChI=1S/C3H3NS.C3H4O2.CHNO/c1-2-5-3-4-1;1-2-3(4)5;2-1-3/h1-3H;2H,1H2,(H,4,5);2H. The molecule has 2 N–H and O–H groups in total. The Bertz CT molecular complexity index is 235. The topological polar surface area (TPSA) is 91.1 Å². The number of thiazole rings is 1. The van der Waals surface area contributed by atoms with Crippen molar-refractivity contribution in [1.29, 1.82) is 5.41 Å². The van der Waals surface area contributed by atoms with Crippen LogP contribution in [0.25, 0.3) is 0 Å². The summed E-state index contributed by atoms with van der Waals surface area (Å²) in [6.07, 6.45) is 3.35. The van der Waals surface area contributed by atoms with Gasteiger partial charge >= 0.3 is 5.97 Å². The first-order chi connectivity index (χ1) is 6.18. The molecule has 0 spiro atoms. The van der Waals surface area contributed by atoms with E-state index in [9.17, 15) is 4.79 Å². The van der Waals surface area contributed by atoms with E-state index in [1.54, 1.807) is 23.0 Å². The largest absolute Gasteiger partial charge is 0.478 e. The Labute approximate surface area is 78.9 Å². The van der Waals surface area contributed by atoms with Crippen LogP contribution in [-0.2, 0) is 9.59 Å². The molecule has 1 aromatic rings. The monoisotopic (exact) mass is 200 g/mol. The molecule has 5 nitrogen and oxygen atoms in total. The molecule has 0 saturated heterocycles. The molecule has 0 bridgehead atoms. The van der Waals surface area contributed by atoms with Crippen molar-refractivity contribution in [3.8, 4) is 0 Å². The molecule has 0 aliphatic carbocycles. The van der Waals surface area contributed by atoms with E-state index in [2.05, 4.69) is 11.6 Å². The van der Waals surface area contributed by atoms with E-state index in [1.807, 2.05) is 5.38 Å². The first-order valence-corrected chi connectivity index (χ1v) is 3.84. The minimum atomic E-state index is -0.981. The quantitative estimate of drug-likeness (QED) is 0.406. The molecular formula is C7H8N2O3S. The highest BCUT2D eigenvalue weighted by Crippen LogP contribution is 1.85. The van der Waals surface area contributed by atoms with Gasteiger partial charge < -0.3 is 5.11 Å². The Morgan fingerprint density at radius 2 is 2.23 bits per heavy atom. The SMILES string of the molecule is C=CC(=O)O.N=C=O.c1cscn1. The molecule has 0 aromatic carbocycles. The number of aromatic nitrogens is 1. The number of aliphatic carboxylic acids is 1. The van der Waals surface area contributed by atoms with Gasteiger partial charge in [-0.05, 0) is 0 Å². The van der Waals surface area contributed by atoms with E-state index in [1.165, 1.54) is 0 Å². The van der Waals surface area contributed by atoms with E-state index < -0.39 is 5.97 Å². The molecule has 0 radical (unpaired) electrons. The summed E-state index contributed by atoms with van der Waals surface area (Å²) in [4.78, 5) is 21.3. The van der Waals surface area contributed by atoms with E-state index in [0.29, 0.717) is 0 Å². The molecule has 6 heteroatoms. The summed E-state index contributed by atoms with van der Waals surface area (Å²) in [7, 11) is 0. The summed E-state index contributed by atoms with van der Waals surface area (Å²) in [5.74, 6) is -0.981. The zero-order chi connectivity index (χ0) is 10.5. The van der Waals surface area contributed by atoms with Crippen LogP contribution in [0.15, 0.2) is 29.7 Å². The average molecular weight is 200 g/mol. The molecule has 0 atom stereocenters. The van der Waals surface area contributed by atoms with Crippen molar-refractivity contribution in [1.82, 2.24) is 4.98 Å². The molecule has 0 unspecified atom stereocenters.